The van der Waals surface area contributed by atoms with E-state index >= 15 is 0 Å². The summed E-state index contributed by atoms with van der Waals surface area (Å²) >= 11 is 0. The van der Waals surface area contributed by atoms with Crippen LogP contribution in [0.4, 0.5) is 4.39 Å². The van der Waals surface area contributed by atoms with Crippen molar-refractivity contribution >= 4 is 5.97 Å². The molecule has 6 heteroatoms. The Kier molecular flexibility index (Phi) is 6.79. The molecule has 0 bridgehead atoms. The third kappa shape index (κ3) is 4.70. The van der Waals surface area contributed by atoms with Gasteiger partial charge in [-0.05, 0) is 19.9 Å². The summed E-state index contributed by atoms with van der Waals surface area (Å²) in [6, 6.07) is 2.57. The fourth-order valence-electron chi connectivity index (χ4n) is 1.62. The fraction of sp³-hybridized carbons (Fsp3) is 0.500. The molecule has 1 N–H and O–H groups in total. The zero-order valence-electron chi connectivity index (χ0n) is 11.6. The minimum absolute atomic E-state index is 0.0384. The fourth-order valence-corrected chi connectivity index (χ4v) is 1.62. The zero-order valence-corrected chi connectivity index (χ0v) is 11.6. The molecule has 0 spiro atoms. The van der Waals surface area contributed by atoms with E-state index in [-0.39, 0.29) is 37.6 Å². The van der Waals surface area contributed by atoms with E-state index in [9.17, 15) is 9.18 Å². The first-order valence-electron chi connectivity index (χ1n) is 6.46. The highest BCUT2D eigenvalue weighted by Crippen LogP contribution is 2.31. The molecule has 0 amide bonds. The quantitative estimate of drug-likeness (QED) is 0.737. The number of rotatable bonds is 8. The molecule has 0 saturated carbocycles. The van der Waals surface area contributed by atoms with Crippen molar-refractivity contribution in [2.75, 3.05) is 26.4 Å². The lowest BCUT2D eigenvalue weighted by Crippen LogP contribution is -2.10. The maximum atomic E-state index is 13.9. The number of hydrogen-bond acceptors (Lipinski definition) is 5. The molecule has 0 aromatic heterocycles. The Morgan fingerprint density at radius 2 is 1.90 bits per heavy atom. The van der Waals surface area contributed by atoms with Gasteiger partial charge in [-0.3, -0.25) is 4.79 Å². The molecular weight excluding hydrogens is 267 g/mol. The van der Waals surface area contributed by atoms with Crippen molar-refractivity contribution in [1.29, 1.82) is 0 Å². The Labute approximate surface area is 117 Å². The summed E-state index contributed by atoms with van der Waals surface area (Å²) in [7, 11) is 0. The largest absolute Gasteiger partial charge is 0.490 e. The van der Waals surface area contributed by atoms with Crippen LogP contribution in [0.15, 0.2) is 12.1 Å². The molecule has 0 atom stereocenters. The van der Waals surface area contributed by atoms with Gasteiger partial charge in [0.25, 0.3) is 0 Å². The van der Waals surface area contributed by atoms with Crippen molar-refractivity contribution in [3.63, 3.8) is 0 Å². The number of carbonyl (C=O) groups is 1. The monoisotopic (exact) mass is 286 g/mol. The van der Waals surface area contributed by atoms with E-state index in [1.54, 1.807) is 13.8 Å². The first-order valence-corrected chi connectivity index (χ1v) is 6.46. The smallest absolute Gasteiger partial charge is 0.310 e. The van der Waals surface area contributed by atoms with Crippen LogP contribution in [0.3, 0.4) is 0 Å². The first-order chi connectivity index (χ1) is 9.62. The molecule has 0 radical (unpaired) electrons. The number of hydrogen-bond donors (Lipinski definition) is 1. The number of halogens is 1. The van der Waals surface area contributed by atoms with E-state index in [0.29, 0.717) is 12.4 Å². The number of ether oxygens (including phenoxy) is 3. The van der Waals surface area contributed by atoms with Gasteiger partial charge in [-0.25, -0.2) is 4.39 Å². The van der Waals surface area contributed by atoms with E-state index in [0.717, 1.165) is 6.07 Å². The van der Waals surface area contributed by atoms with Gasteiger partial charge >= 0.3 is 5.97 Å². The second-order valence-corrected chi connectivity index (χ2v) is 3.88. The number of aliphatic hydroxyl groups excluding tert-OH is 1. The highest BCUT2D eigenvalue weighted by atomic mass is 19.1. The number of carbonyl (C=O) groups excluding carboxylic acids is 1. The van der Waals surface area contributed by atoms with Gasteiger partial charge in [0, 0.05) is 11.6 Å². The maximum absolute atomic E-state index is 13.9. The minimum atomic E-state index is -0.575. The topological polar surface area (TPSA) is 65.0 Å². The van der Waals surface area contributed by atoms with Gasteiger partial charge in [0.05, 0.1) is 26.2 Å². The van der Waals surface area contributed by atoms with Crippen LogP contribution < -0.4 is 9.47 Å². The van der Waals surface area contributed by atoms with Crippen molar-refractivity contribution in [1.82, 2.24) is 0 Å². The summed E-state index contributed by atoms with van der Waals surface area (Å²) in [6.07, 6.45) is -0.167. The van der Waals surface area contributed by atoms with Gasteiger partial charge in [0.1, 0.15) is 12.4 Å². The predicted molar refractivity (Wildman–Crippen MR) is 70.5 cm³/mol. The predicted octanol–water partition coefficient (Wildman–Crippen LogP) is 1.70. The van der Waals surface area contributed by atoms with Gasteiger partial charge < -0.3 is 19.3 Å². The van der Waals surface area contributed by atoms with Crippen molar-refractivity contribution in [2.45, 2.75) is 20.3 Å². The van der Waals surface area contributed by atoms with Crippen LogP contribution in [-0.2, 0) is 16.0 Å². The van der Waals surface area contributed by atoms with Crippen LogP contribution in [-0.4, -0.2) is 37.5 Å². The molecule has 112 valence electrons. The Morgan fingerprint density at radius 1 is 1.20 bits per heavy atom. The Morgan fingerprint density at radius 3 is 2.50 bits per heavy atom. The highest BCUT2D eigenvalue weighted by Gasteiger charge is 2.15. The number of esters is 1. The summed E-state index contributed by atoms with van der Waals surface area (Å²) < 4.78 is 29.2. The SMILES string of the molecule is CCOC(=O)Cc1cc(OCC)c(OCCO)cc1F. The third-order valence-electron chi connectivity index (χ3n) is 2.40. The molecule has 0 aliphatic rings. The average Bonchev–Trinajstić information content (AvgIpc) is 2.41. The summed E-state index contributed by atoms with van der Waals surface area (Å²) in [5.74, 6) is -0.542. The normalized spacial score (nSPS) is 10.2. The second kappa shape index (κ2) is 8.37. The molecule has 20 heavy (non-hydrogen) atoms. The molecule has 5 nitrogen and oxygen atoms in total. The summed E-state index contributed by atoms with van der Waals surface area (Å²) in [5, 5.41) is 8.73. The van der Waals surface area contributed by atoms with E-state index in [2.05, 4.69) is 0 Å². The molecule has 1 aromatic rings. The van der Waals surface area contributed by atoms with E-state index in [1.165, 1.54) is 6.07 Å². The molecule has 1 aromatic carbocycles. The van der Waals surface area contributed by atoms with Crippen molar-refractivity contribution < 1.29 is 28.5 Å². The van der Waals surface area contributed by atoms with Crippen LogP contribution in [0.25, 0.3) is 0 Å². The molecule has 0 unspecified atom stereocenters. The average molecular weight is 286 g/mol. The summed E-state index contributed by atoms with van der Waals surface area (Å²) in [5.41, 5.74) is 0.184. The van der Waals surface area contributed by atoms with Crippen LogP contribution in [0.5, 0.6) is 11.5 Å². The standard InChI is InChI=1S/C14H19FO5/c1-3-18-12-7-10(8-14(17)19-4-2)11(15)9-13(12)20-6-5-16/h7,9,16H,3-6,8H2,1-2H3. The van der Waals surface area contributed by atoms with Gasteiger partial charge in [-0.2, -0.15) is 0 Å². The van der Waals surface area contributed by atoms with Crippen molar-refractivity contribution in [3.05, 3.63) is 23.5 Å². The lowest BCUT2D eigenvalue weighted by Gasteiger charge is -2.13. The van der Waals surface area contributed by atoms with Gasteiger partial charge in [0.15, 0.2) is 11.5 Å². The lowest BCUT2D eigenvalue weighted by atomic mass is 10.1. The number of benzene rings is 1. The third-order valence-corrected chi connectivity index (χ3v) is 2.40. The molecular formula is C14H19FO5. The van der Waals surface area contributed by atoms with Gasteiger partial charge in [-0.1, -0.05) is 0 Å². The molecule has 0 saturated heterocycles. The minimum Gasteiger partial charge on any atom is -0.490 e. The lowest BCUT2D eigenvalue weighted by molar-refractivity contribution is -0.142. The van der Waals surface area contributed by atoms with E-state index < -0.39 is 11.8 Å². The Bertz CT molecular complexity index is 447. The Hall–Kier alpha value is -1.82. The van der Waals surface area contributed by atoms with Gasteiger partial charge in [-0.15, -0.1) is 0 Å². The van der Waals surface area contributed by atoms with Crippen LogP contribution in [0.2, 0.25) is 0 Å². The van der Waals surface area contributed by atoms with Crippen molar-refractivity contribution in [2.24, 2.45) is 0 Å². The zero-order chi connectivity index (χ0) is 15.0. The summed E-state index contributed by atoms with van der Waals surface area (Å²) in [4.78, 5) is 11.4. The maximum Gasteiger partial charge on any atom is 0.310 e. The number of aliphatic hydroxyl groups is 1. The molecule has 0 heterocycles. The van der Waals surface area contributed by atoms with E-state index in [4.69, 9.17) is 19.3 Å². The van der Waals surface area contributed by atoms with Gasteiger partial charge in [0.2, 0.25) is 0 Å². The molecule has 1 rings (SSSR count). The van der Waals surface area contributed by atoms with Crippen LogP contribution in [0, 0.1) is 5.82 Å². The molecule has 0 aliphatic heterocycles. The highest BCUT2D eigenvalue weighted by molar-refractivity contribution is 5.73. The second-order valence-electron chi connectivity index (χ2n) is 3.88. The first kappa shape index (κ1) is 16.2. The van der Waals surface area contributed by atoms with Crippen molar-refractivity contribution in [3.8, 4) is 11.5 Å². The van der Waals surface area contributed by atoms with Crippen LogP contribution in [0.1, 0.15) is 19.4 Å². The summed E-state index contributed by atoms with van der Waals surface area (Å²) in [6.45, 7) is 3.95. The van der Waals surface area contributed by atoms with E-state index in [1.807, 2.05) is 0 Å². The molecule has 0 aliphatic carbocycles. The van der Waals surface area contributed by atoms with Crippen LogP contribution >= 0.6 is 0 Å². The Balaban J connectivity index is 2.96. The molecule has 0 fully saturated rings.